The van der Waals surface area contributed by atoms with E-state index in [1.807, 2.05) is 13.8 Å². The highest BCUT2D eigenvalue weighted by Crippen LogP contribution is 2.24. The van der Waals surface area contributed by atoms with Crippen LogP contribution < -0.4 is 11.1 Å². The first-order valence-electron chi connectivity index (χ1n) is 6.72. The van der Waals surface area contributed by atoms with Crippen molar-refractivity contribution < 1.29 is 14.7 Å². The first-order chi connectivity index (χ1) is 9.49. The van der Waals surface area contributed by atoms with Crippen LogP contribution in [0, 0.1) is 5.41 Å². The van der Waals surface area contributed by atoms with E-state index in [-0.39, 0.29) is 11.6 Å². The Kier molecular flexibility index (Phi) is 5.69. The Hall–Kier alpha value is -1.89. The normalized spacial score (nSPS) is 11.3. The first-order valence-corrected chi connectivity index (χ1v) is 6.72. The Balaban J connectivity index is 2.50. The summed E-state index contributed by atoms with van der Waals surface area (Å²) in [5.41, 5.74) is 5.19. The summed E-state index contributed by atoms with van der Waals surface area (Å²) >= 11 is 0. The number of aromatic nitrogens is 2. The second-order valence-electron chi connectivity index (χ2n) is 4.75. The molecular weight excluding hydrogens is 260 g/mol. The molecule has 1 aromatic rings. The lowest BCUT2D eigenvalue weighted by molar-refractivity contribution is -0.131. The van der Waals surface area contributed by atoms with E-state index < -0.39 is 11.4 Å². The van der Waals surface area contributed by atoms with Crippen LogP contribution in [-0.4, -0.2) is 39.6 Å². The lowest BCUT2D eigenvalue weighted by atomic mass is 9.81. The molecule has 20 heavy (non-hydrogen) atoms. The van der Waals surface area contributed by atoms with Crippen LogP contribution in [0.4, 0.5) is 0 Å². The second-order valence-corrected chi connectivity index (χ2v) is 4.75. The number of nitrogens with two attached hydrogens (primary N) is 1. The van der Waals surface area contributed by atoms with Gasteiger partial charge in [-0.3, -0.25) is 4.79 Å². The molecule has 1 rings (SSSR count). The topological polar surface area (TPSA) is 110 Å². The Morgan fingerprint density at radius 3 is 2.55 bits per heavy atom. The molecule has 0 unspecified atom stereocenters. The van der Waals surface area contributed by atoms with Gasteiger partial charge in [0.1, 0.15) is 0 Å². The largest absolute Gasteiger partial charge is 0.476 e. The molecule has 0 spiro atoms. The number of amides is 1. The van der Waals surface area contributed by atoms with Gasteiger partial charge in [0.2, 0.25) is 5.91 Å². The third-order valence-electron chi connectivity index (χ3n) is 3.73. The zero-order chi connectivity index (χ0) is 15.2. The van der Waals surface area contributed by atoms with Gasteiger partial charge in [0.05, 0.1) is 11.7 Å². The van der Waals surface area contributed by atoms with Crippen LogP contribution in [0.25, 0.3) is 0 Å². The number of hydrogen-bond donors (Lipinski definition) is 3. The number of carboxylic acids is 1. The molecule has 1 aromatic heterocycles. The zero-order valence-corrected chi connectivity index (χ0v) is 11.9. The highest BCUT2D eigenvalue weighted by molar-refractivity contribution is 5.85. The van der Waals surface area contributed by atoms with Gasteiger partial charge in [-0.2, -0.15) is 0 Å². The number of imidazole rings is 1. The van der Waals surface area contributed by atoms with Crippen LogP contribution in [-0.2, 0) is 11.3 Å². The summed E-state index contributed by atoms with van der Waals surface area (Å²) in [6.07, 6.45) is 4.26. The molecule has 0 radical (unpaired) electrons. The summed E-state index contributed by atoms with van der Waals surface area (Å²) in [4.78, 5) is 26.6. The van der Waals surface area contributed by atoms with E-state index in [2.05, 4.69) is 10.3 Å². The van der Waals surface area contributed by atoms with Crippen molar-refractivity contribution in [3.05, 3.63) is 18.2 Å². The fraction of sp³-hybridized carbons (Fsp3) is 0.615. The van der Waals surface area contributed by atoms with Crippen molar-refractivity contribution in [3.8, 4) is 0 Å². The number of hydrogen-bond acceptors (Lipinski definition) is 4. The fourth-order valence-electron chi connectivity index (χ4n) is 2.03. The molecular formula is C13H22N4O3. The Labute approximate surface area is 118 Å². The van der Waals surface area contributed by atoms with Gasteiger partial charge in [-0.05, 0) is 12.8 Å². The van der Waals surface area contributed by atoms with Crippen LogP contribution in [0.1, 0.15) is 37.2 Å². The predicted octanol–water partition coefficient (Wildman–Crippen LogP) is 0.463. The Bertz CT molecular complexity index is 458. The number of aromatic carboxylic acids is 1. The first kappa shape index (κ1) is 16.2. The highest BCUT2D eigenvalue weighted by atomic mass is 16.4. The number of nitrogens with one attached hydrogen (secondary N) is 1. The van der Waals surface area contributed by atoms with Crippen LogP contribution in [0.3, 0.4) is 0 Å². The van der Waals surface area contributed by atoms with E-state index in [4.69, 9.17) is 10.8 Å². The lowest BCUT2D eigenvalue weighted by Gasteiger charge is -2.28. The SMILES string of the molecule is CCC(CC)(CN)C(=O)NCCn1cnc(C(=O)O)c1. The van der Waals surface area contributed by atoms with Gasteiger partial charge in [0, 0.05) is 25.8 Å². The number of rotatable bonds is 8. The van der Waals surface area contributed by atoms with E-state index in [1.165, 1.54) is 12.5 Å². The maximum absolute atomic E-state index is 12.2. The van der Waals surface area contributed by atoms with Gasteiger partial charge in [-0.1, -0.05) is 13.8 Å². The summed E-state index contributed by atoms with van der Waals surface area (Å²) < 4.78 is 1.63. The maximum atomic E-state index is 12.2. The minimum Gasteiger partial charge on any atom is -0.476 e. The quantitative estimate of drug-likeness (QED) is 0.641. The number of carbonyl (C=O) groups is 2. The van der Waals surface area contributed by atoms with Gasteiger partial charge in [0.25, 0.3) is 0 Å². The third kappa shape index (κ3) is 3.57. The summed E-state index contributed by atoms with van der Waals surface area (Å²) in [6.45, 7) is 5.10. The van der Waals surface area contributed by atoms with Crippen molar-refractivity contribution in [2.24, 2.45) is 11.1 Å². The predicted molar refractivity (Wildman–Crippen MR) is 74.3 cm³/mol. The van der Waals surface area contributed by atoms with Crippen molar-refractivity contribution in [2.45, 2.75) is 33.2 Å². The summed E-state index contributed by atoms with van der Waals surface area (Å²) in [6, 6.07) is 0. The molecule has 0 aromatic carbocycles. The van der Waals surface area contributed by atoms with Crippen molar-refractivity contribution in [3.63, 3.8) is 0 Å². The van der Waals surface area contributed by atoms with E-state index in [1.54, 1.807) is 4.57 Å². The molecule has 0 saturated heterocycles. The molecule has 0 saturated carbocycles. The van der Waals surface area contributed by atoms with Crippen molar-refractivity contribution >= 4 is 11.9 Å². The lowest BCUT2D eigenvalue weighted by Crippen LogP contribution is -2.46. The smallest absolute Gasteiger partial charge is 0.356 e. The summed E-state index contributed by atoms with van der Waals surface area (Å²) in [5, 5.41) is 11.6. The van der Waals surface area contributed by atoms with Crippen molar-refractivity contribution in [2.75, 3.05) is 13.1 Å². The van der Waals surface area contributed by atoms with Crippen LogP contribution in [0.15, 0.2) is 12.5 Å². The van der Waals surface area contributed by atoms with Gasteiger partial charge in [-0.15, -0.1) is 0 Å². The zero-order valence-electron chi connectivity index (χ0n) is 11.9. The summed E-state index contributed by atoms with van der Waals surface area (Å²) in [5.74, 6) is -1.12. The Morgan fingerprint density at radius 2 is 2.10 bits per heavy atom. The van der Waals surface area contributed by atoms with Crippen LogP contribution in [0.2, 0.25) is 0 Å². The van der Waals surface area contributed by atoms with Crippen LogP contribution >= 0.6 is 0 Å². The second kappa shape index (κ2) is 7.04. The van der Waals surface area contributed by atoms with Crippen molar-refractivity contribution in [1.82, 2.24) is 14.9 Å². The minimum absolute atomic E-state index is 0.00486. The average Bonchev–Trinajstić information content (AvgIpc) is 2.90. The molecule has 0 aliphatic carbocycles. The van der Waals surface area contributed by atoms with E-state index >= 15 is 0 Å². The van der Waals surface area contributed by atoms with Gasteiger partial charge in [0.15, 0.2) is 5.69 Å². The molecule has 0 aliphatic rings. The number of nitrogens with zero attached hydrogens (tertiary/aromatic N) is 2. The van der Waals surface area contributed by atoms with Gasteiger partial charge in [-0.25, -0.2) is 9.78 Å². The maximum Gasteiger partial charge on any atom is 0.356 e. The number of carbonyl (C=O) groups excluding carboxylic acids is 1. The molecule has 4 N–H and O–H groups in total. The highest BCUT2D eigenvalue weighted by Gasteiger charge is 2.32. The molecule has 0 aliphatic heterocycles. The van der Waals surface area contributed by atoms with Crippen LogP contribution in [0.5, 0.6) is 0 Å². The monoisotopic (exact) mass is 282 g/mol. The standard InChI is InChI=1S/C13H22N4O3/c1-3-13(4-2,8-14)12(20)15-5-6-17-7-10(11(18)19)16-9-17/h7,9H,3-6,8,14H2,1-2H3,(H,15,20)(H,18,19). The molecule has 7 heteroatoms. The fourth-order valence-corrected chi connectivity index (χ4v) is 2.03. The molecule has 0 fully saturated rings. The molecule has 112 valence electrons. The summed E-state index contributed by atoms with van der Waals surface area (Å²) in [7, 11) is 0. The van der Waals surface area contributed by atoms with Gasteiger partial charge >= 0.3 is 5.97 Å². The molecule has 1 amide bonds. The van der Waals surface area contributed by atoms with E-state index in [0.29, 0.717) is 32.5 Å². The van der Waals surface area contributed by atoms with E-state index in [0.717, 1.165) is 0 Å². The van der Waals surface area contributed by atoms with Crippen molar-refractivity contribution in [1.29, 1.82) is 0 Å². The third-order valence-corrected chi connectivity index (χ3v) is 3.73. The minimum atomic E-state index is -1.06. The van der Waals surface area contributed by atoms with Gasteiger partial charge < -0.3 is 20.7 Å². The molecule has 1 heterocycles. The van der Waals surface area contributed by atoms with E-state index in [9.17, 15) is 9.59 Å². The Morgan fingerprint density at radius 1 is 1.45 bits per heavy atom. The molecule has 7 nitrogen and oxygen atoms in total. The molecule has 0 bridgehead atoms. The molecule has 0 atom stereocenters. The number of carboxylic acid groups (broad SMARTS) is 1. The average molecular weight is 282 g/mol.